The SMILES string of the molecule is Cc1ccc(NC(=O)[C@@H]2[C@@H](C(=O)O)[C@H]3CC[C@@H]2O3)cc1C. The second-order valence-corrected chi connectivity index (χ2v) is 5.97. The number of aliphatic carboxylic acids is 1. The molecule has 2 heterocycles. The number of benzene rings is 1. The maximum Gasteiger partial charge on any atom is 0.310 e. The monoisotopic (exact) mass is 289 g/mol. The molecule has 0 unspecified atom stereocenters. The number of carbonyl (C=O) groups is 2. The van der Waals surface area contributed by atoms with E-state index in [1.165, 1.54) is 0 Å². The van der Waals surface area contributed by atoms with Crippen molar-refractivity contribution >= 4 is 17.6 Å². The summed E-state index contributed by atoms with van der Waals surface area (Å²) < 4.78 is 5.62. The molecular formula is C16H19NO4. The van der Waals surface area contributed by atoms with Gasteiger partial charge in [-0.2, -0.15) is 0 Å². The van der Waals surface area contributed by atoms with E-state index in [9.17, 15) is 14.7 Å². The molecule has 0 aromatic heterocycles. The number of rotatable bonds is 3. The molecule has 2 N–H and O–H groups in total. The third kappa shape index (κ3) is 2.42. The Hall–Kier alpha value is -1.88. The van der Waals surface area contributed by atoms with Gasteiger partial charge >= 0.3 is 5.97 Å². The molecule has 3 rings (SSSR count). The van der Waals surface area contributed by atoms with Crippen molar-refractivity contribution in [3.63, 3.8) is 0 Å². The zero-order valence-electron chi connectivity index (χ0n) is 12.1. The molecule has 5 heteroatoms. The number of ether oxygens (including phenoxy) is 1. The number of carboxylic acid groups (broad SMARTS) is 1. The quantitative estimate of drug-likeness (QED) is 0.893. The number of hydrogen-bond donors (Lipinski definition) is 2. The number of aryl methyl sites for hydroxylation is 2. The predicted octanol–water partition coefficient (Wildman–Crippen LogP) is 2.12. The van der Waals surface area contributed by atoms with E-state index >= 15 is 0 Å². The molecule has 4 atom stereocenters. The summed E-state index contributed by atoms with van der Waals surface area (Å²) in [6, 6.07) is 5.68. The normalized spacial score (nSPS) is 30.4. The highest BCUT2D eigenvalue weighted by molar-refractivity contribution is 5.96. The van der Waals surface area contributed by atoms with Crippen LogP contribution in [0.5, 0.6) is 0 Å². The van der Waals surface area contributed by atoms with Crippen molar-refractivity contribution in [2.75, 3.05) is 5.32 Å². The largest absolute Gasteiger partial charge is 0.481 e. The molecule has 0 spiro atoms. The molecule has 1 amide bonds. The minimum absolute atomic E-state index is 0.252. The molecule has 2 fully saturated rings. The number of hydrogen-bond acceptors (Lipinski definition) is 3. The summed E-state index contributed by atoms with van der Waals surface area (Å²) in [7, 11) is 0. The molecule has 0 radical (unpaired) electrons. The maximum absolute atomic E-state index is 12.5. The smallest absolute Gasteiger partial charge is 0.310 e. The van der Waals surface area contributed by atoms with Gasteiger partial charge in [-0.3, -0.25) is 9.59 Å². The first-order chi connectivity index (χ1) is 9.97. The standard InChI is InChI=1S/C16H19NO4/c1-8-3-4-10(7-9(8)2)17-15(18)13-11-5-6-12(21-11)14(13)16(19)20/h3-4,7,11-14H,5-6H2,1-2H3,(H,17,18)(H,19,20)/t11-,12+,13-,14-/m0/s1. The topological polar surface area (TPSA) is 75.6 Å². The Bertz CT molecular complexity index is 598. The van der Waals surface area contributed by atoms with Crippen molar-refractivity contribution < 1.29 is 19.4 Å². The van der Waals surface area contributed by atoms with Gasteiger partial charge in [0.05, 0.1) is 24.0 Å². The summed E-state index contributed by atoms with van der Waals surface area (Å²) in [5, 5.41) is 12.2. The molecule has 2 saturated heterocycles. The minimum Gasteiger partial charge on any atom is -0.481 e. The highest BCUT2D eigenvalue weighted by Crippen LogP contribution is 2.44. The maximum atomic E-state index is 12.5. The van der Waals surface area contributed by atoms with Gasteiger partial charge in [-0.15, -0.1) is 0 Å². The number of anilines is 1. The molecule has 0 aliphatic carbocycles. The van der Waals surface area contributed by atoms with Crippen LogP contribution in [0.1, 0.15) is 24.0 Å². The number of nitrogens with one attached hydrogen (secondary N) is 1. The fourth-order valence-electron chi connectivity index (χ4n) is 3.37. The average Bonchev–Trinajstić information content (AvgIpc) is 3.03. The molecule has 21 heavy (non-hydrogen) atoms. The van der Waals surface area contributed by atoms with Gasteiger partial charge in [-0.25, -0.2) is 0 Å². The van der Waals surface area contributed by atoms with Crippen LogP contribution in [0.4, 0.5) is 5.69 Å². The first-order valence-electron chi connectivity index (χ1n) is 7.24. The molecular weight excluding hydrogens is 270 g/mol. The van der Waals surface area contributed by atoms with Crippen LogP contribution >= 0.6 is 0 Å². The van der Waals surface area contributed by atoms with Gasteiger partial charge in [0, 0.05) is 5.69 Å². The number of carboxylic acids is 1. The number of carbonyl (C=O) groups excluding carboxylic acids is 1. The number of fused-ring (bicyclic) bond motifs is 2. The third-order valence-electron chi connectivity index (χ3n) is 4.64. The second kappa shape index (κ2) is 5.15. The lowest BCUT2D eigenvalue weighted by Crippen LogP contribution is -2.40. The third-order valence-corrected chi connectivity index (χ3v) is 4.64. The van der Waals surface area contributed by atoms with Crippen molar-refractivity contribution in [1.82, 2.24) is 0 Å². The summed E-state index contributed by atoms with van der Waals surface area (Å²) in [5.41, 5.74) is 2.95. The highest BCUT2D eigenvalue weighted by atomic mass is 16.5. The van der Waals surface area contributed by atoms with E-state index < -0.39 is 17.8 Å². The van der Waals surface area contributed by atoms with E-state index in [2.05, 4.69) is 5.32 Å². The summed E-state index contributed by atoms with van der Waals surface area (Å²) in [6.07, 6.45) is 0.916. The van der Waals surface area contributed by atoms with E-state index in [0.29, 0.717) is 5.69 Å². The van der Waals surface area contributed by atoms with Gasteiger partial charge in [0.1, 0.15) is 0 Å². The van der Waals surface area contributed by atoms with Crippen LogP contribution in [0, 0.1) is 25.7 Å². The fraction of sp³-hybridized carbons (Fsp3) is 0.500. The Balaban J connectivity index is 1.78. The highest BCUT2D eigenvalue weighted by Gasteiger charge is 2.55. The first-order valence-corrected chi connectivity index (χ1v) is 7.24. The van der Waals surface area contributed by atoms with E-state index in [4.69, 9.17) is 4.74 Å². The van der Waals surface area contributed by atoms with Gasteiger partial charge in [0.25, 0.3) is 0 Å². The van der Waals surface area contributed by atoms with Gasteiger partial charge in [0.15, 0.2) is 0 Å². The van der Waals surface area contributed by atoms with Crippen molar-refractivity contribution in [3.8, 4) is 0 Å². The zero-order valence-corrected chi connectivity index (χ0v) is 12.1. The second-order valence-electron chi connectivity index (χ2n) is 5.97. The molecule has 1 aromatic rings. The Morgan fingerprint density at radius 1 is 1.14 bits per heavy atom. The molecule has 1 aromatic carbocycles. The van der Waals surface area contributed by atoms with Gasteiger partial charge < -0.3 is 15.2 Å². The van der Waals surface area contributed by atoms with Crippen LogP contribution in [0.3, 0.4) is 0 Å². The molecule has 112 valence electrons. The molecule has 5 nitrogen and oxygen atoms in total. The van der Waals surface area contributed by atoms with E-state index in [0.717, 1.165) is 24.0 Å². The van der Waals surface area contributed by atoms with Crippen molar-refractivity contribution in [2.24, 2.45) is 11.8 Å². The van der Waals surface area contributed by atoms with E-state index in [1.54, 1.807) is 0 Å². The van der Waals surface area contributed by atoms with E-state index in [1.807, 2.05) is 32.0 Å². The Labute approximate surface area is 123 Å². The molecule has 2 bridgehead atoms. The fourth-order valence-corrected chi connectivity index (χ4v) is 3.37. The van der Waals surface area contributed by atoms with Gasteiger partial charge in [-0.1, -0.05) is 6.07 Å². The van der Waals surface area contributed by atoms with Crippen LogP contribution in [-0.4, -0.2) is 29.2 Å². The molecule has 2 aliphatic heterocycles. The lowest BCUT2D eigenvalue weighted by atomic mass is 9.78. The molecule has 2 aliphatic rings. The summed E-state index contributed by atoms with van der Waals surface area (Å²) in [4.78, 5) is 23.9. The average molecular weight is 289 g/mol. The summed E-state index contributed by atoms with van der Waals surface area (Å²) >= 11 is 0. The lowest BCUT2D eigenvalue weighted by Gasteiger charge is -2.24. The first kappa shape index (κ1) is 14.1. The van der Waals surface area contributed by atoms with Crippen LogP contribution in [0.2, 0.25) is 0 Å². The molecule has 0 saturated carbocycles. The van der Waals surface area contributed by atoms with Crippen LogP contribution in [0.25, 0.3) is 0 Å². The van der Waals surface area contributed by atoms with Gasteiger partial charge in [0.2, 0.25) is 5.91 Å². The van der Waals surface area contributed by atoms with Crippen LogP contribution < -0.4 is 5.32 Å². The van der Waals surface area contributed by atoms with Crippen LogP contribution in [0.15, 0.2) is 18.2 Å². The minimum atomic E-state index is -0.942. The zero-order chi connectivity index (χ0) is 15.1. The predicted molar refractivity (Wildman–Crippen MR) is 77.1 cm³/mol. The van der Waals surface area contributed by atoms with E-state index in [-0.39, 0.29) is 18.1 Å². The van der Waals surface area contributed by atoms with Crippen molar-refractivity contribution in [3.05, 3.63) is 29.3 Å². The Morgan fingerprint density at radius 3 is 2.43 bits per heavy atom. The Kier molecular flexibility index (Phi) is 3.45. The summed E-state index contributed by atoms with van der Waals surface area (Å²) in [5.74, 6) is -2.52. The van der Waals surface area contributed by atoms with Crippen LogP contribution in [-0.2, 0) is 14.3 Å². The number of amides is 1. The summed E-state index contributed by atoms with van der Waals surface area (Å²) in [6.45, 7) is 3.98. The Morgan fingerprint density at radius 2 is 1.81 bits per heavy atom. The van der Waals surface area contributed by atoms with Gasteiger partial charge in [-0.05, 0) is 49.9 Å². The van der Waals surface area contributed by atoms with Crippen molar-refractivity contribution in [2.45, 2.75) is 38.9 Å². The lowest BCUT2D eigenvalue weighted by molar-refractivity contribution is -0.147. The van der Waals surface area contributed by atoms with Crippen molar-refractivity contribution in [1.29, 1.82) is 0 Å².